The normalized spacial score (nSPS) is 12.5. The fourth-order valence-electron chi connectivity index (χ4n) is 4.85. The van der Waals surface area contributed by atoms with Crippen molar-refractivity contribution in [3.63, 3.8) is 0 Å². The van der Waals surface area contributed by atoms with Gasteiger partial charge in [0.2, 0.25) is 0 Å². The quantitative estimate of drug-likeness (QED) is 0.169. The van der Waals surface area contributed by atoms with Gasteiger partial charge in [0.25, 0.3) is 0 Å². The number of benzene rings is 4. The maximum absolute atomic E-state index is 15.0. The summed E-state index contributed by atoms with van der Waals surface area (Å²) in [5, 5.41) is 1.19. The molecule has 0 radical (unpaired) electrons. The molecule has 1 aliphatic heterocycles. The Morgan fingerprint density at radius 2 is 1.68 bits per heavy atom. The van der Waals surface area contributed by atoms with Crippen LogP contribution in [0, 0.1) is 31.2 Å². The molecular formula is C33H19FN5OPt-3. The predicted octanol–water partition coefficient (Wildman–Crippen LogP) is 8.18. The van der Waals surface area contributed by atoms with Crippen LogP contribution in [-0.4, -0.2) is 9.55 Å². The van der Waals surface area contributed by atoms with Crippen molar-refractivity contribution in [2.24, 2.45) is 0 Å². The Morgan fingerprint density at radius 3 is 2.49 bits per heavy atom. The molecule has 0 saturated carbocycles. The Bertz CT molecular complexity index is 1950. The van der Waals surface area contributed by atoms with Crippen LogP contribution in [-0.2, 0) is 21.1 Å². The summed E-state index contributed by atoms with van der Waals surface area (Å²) >= 11 is 0. The minimum atomic E-state index is -0.318. The van der Waals surface area contributed by atoms with Gasteiger partial charge in [-0.1, -0.05) is 41.2 Å². The van der Waals surface area contributed by atoms with Crippen LogP contribution < -0.4 is 14.5 Å². The van der Waals surface area contributed by atoms with E-state index in [1.54, 1.807) is 30.5 Å². The second kappa shape index (κ2) is 10.9. The van der Waals surface area contributed by atoms with E-state index in [0.717, 1.165) is 5.69 Å². The number of para-hydroxylation sites is 1. The summed E-state index contributed by atoms with van der Waals surface area (Å²) in [4.78, 5) is 12.0. The van der Waals surface area contributed by atoms with E-state index in [1.807, 2.05) is 94.1 Å². The van der Waals surface area contributed by atoms with Gasteiger partial charge in [-0.3, -0.25) is 4.85 Å². The van der Waals surface area contributed by atoms with Crippen molar-refractivity contribution in [3.8, 4) is 17.3 Å². The van der Waals surface area contributed by atoms with Crippen molar-refractivity contribution in [1.82, 2.24) is 9.55 Å². The van der Waals surface area contributed by atoms with E-state index in [1.165, 1.54) is 6.07 Å². The van der Waals surface area contributed by atoms with Gasteiger partial charge in [-0.05, 0) is 54.2 Å². The third-order valence-electron chi connectivity index (χ3n) is 6.63. The zero-order valence-electron chi connectivity index (χ0n) is 21.3. The molecule has 0 atom stereocenters. The van der Waals surface area contributed by atoms with Crippen molar-refractivity contribution in [2.75, 3.05) is 9.80 Å². The molecule has 4 aromatic carbocycles. The van der Waals surface area contributed by atoms with Crippen molar-refractivity contribution < 1.29 is 30.2 Å². The monoisotopic (exact) mass is 715 g/mol. The van der Waals surface area contributed by atoms with Crippen LogP contribution in [0.3, 0.4) is 0 Å². The fourth-order valence-corrected chi connectivity index (χ4v) is 4.85. The van der Waals surface area contributed by atoms with Crippen LogP contribution in [0.5, 0.6) is 11.5 Å². The van der Waals surface area contributed by atoms with Crippen molar-refractivity contribution in [3.05, 3.63) is 146 Å². The molecule has 6 aromatic rings. The molecule has 7 rings (SSSR count). The van der Waals surface area contributed by atoms with Crippen molar-refractivity contribution in [2.45, 2.75) is 0 Å². The molecule has 0 fully saturated rings. The SMILES string of the molecule is [C-]#[N+]c1cc(Oc2[c-]c3c(cc2)c2c(F)cccc2n3-c2ccccn2)[c-]c(N2C=CN(c3ccccc3)[CH-]2)c1.[Pt]. The minimum absolute atomic E-state index is 0. The van der Waals surface area contributed by atoms with E-state index >= 15 is 0 Å². The molecule has 41 heavy (non-hydrogen) atoms. The summed E-state index contributed by atoms with van der Waals surface area (Å²) in [6, 6.07) is 34.1. The van der Waals surface area contributed by atoms with Gasteiger partial charge in [0, 0.05) is 50.0 Å². The predicted molar refractivity (Wildman–Crippen MR) is 154 cm³/mol. The van der Waals surface area contributed by atoms with Crippen molar-refractivity contribution in [1.29, 1.82) is 0 Å². The number of fused-ring (bicyclic) bond motifs is 3. The molecule has 0 N–H and O–H groups in total. The Morgan fingerprint density at radius 1 is 0.854 bits per heavy atom. The number of pyridine rings is 1. The van der Waals surface area contributed by atoms with Crippen LogP contribution in [0.15, 0.2) is 110 Å². The molecule has 6 nitrogen and oxygen atoms in total. The Kier molecular flexibility index (Phi) is 7.01. The zero-order valence-corrected chi connectivity index (χ0v) is 23.6. The molecule has 0 spiro atoms. The minimum Gasteiger partial charge on any atom is -0.510 e. The van der Waals surface area contributed by atoms with Gasteiger partial charge in [-0.2, -0.15) is 6.07 Å². The topological polar surface area (TPSA) is 37.9 Å². The average Bonchev–Trinajstić information content (AvgIpc) is 3.62. The molecule has 0 saturated heterocycles. The van der Waals surface area contributed by atoms with E-state index in [-0.39, 0.29) is 26.9 Å². The van der Waals surface area contributed by atoms with Crippen LogP contribution in [0.2, 0.25) is 0 Å². The van der Waals surface area contributed by atoms with E-state index in [2.05, 4.69) is 22.0 Å². The maximum atomic E-state index is 15.0. The molecule has 0 aliphatic carbocycles. The molecule has 8 heteroatoms. The first kappa shape index (κ1) is 26.3. The first-order valence-electron chi connectivity index (χ1n) is 12.5. The van der Waals surface area contributed by atoms with Gasteiger partial charge in [0.15, 0.2) is 0 Å². The van der Waals surface area contributed by atoms with Crippen LogP contribution in [0.1, 0.15) is 0 Å². The molecule has 1 aliphatic rings. The summed E-state index contributed by atoms with van der Waals surface area (Å²) in [5.74, 6) is 1.10. The van der Waals surface area contributed by atoms with Gasteiger partial charge >= 0.3 is 0 Å². The summed E-state index contributed by atoms with van der Waals surface area (Å²) in [6.07, 6.45) is 5.53. The smallest absolute Gasteiger partial charge is 0.135 e. The van der Waals surface area contributed by atoms with E-state index in [0.29, 0.717) is 50.5 Å². The number of rotatable bonds is 5. The molecular weight excluding hydrogens is 696 g/mol. The van der Waals surface area contributed by atoms with Gasteiger partial charge in [0.05, 0.1) is 12.3 Å². The average molecular weight is 716 g/mol. The molecule has 0 amide bonds. The number of hydrogen-bond acceptors (Lipinski definition) is 4. The first-order chi connectivity index (χ1) is 19.7. The van der Waals surface area contributed by atoms with Crippen molar-refractivity contribution >= 4 is 38.9 Å². The number of hydrogen-bond donors (Lipinski definition) is 0. The Labute approximate surface area is 250 Å². The molecule has 202 valence electrons. The number of aromatic nitrogens is 2. The summed E-state index contributed by atoms with van der Waals surface area (Å²) in [6.45, 7) is 9.53. The van der Waals surface area contributed by atoms with Gasteiger partial charge in [0.1, 0.15) is 11.6 Å². The number of ether oxygens (including phenoxy) is 1. The van der Waals surface area contributed by atoms with E-state index in [9.17, 15) is 4.39 Å². The Balaban J connectivity index is 0.00000302. The third-order valence-corrected chi connectivity index (χ3v) is 6.63. The van der Waals surface area contributed by atoms with Gasteiger partial charge in [-0.15, -0.1) is 42.7 Å². The van der Waals surface area contributed by atoms with E-state index in [4.69, 9.17) is 11.3 Å². The second-order valence-electron chi connectivity index (χ2n) is 9.11. The molecule has 2 aromatic heterocycles. The fraction of sp³-hybridized carbons (Fsp3) is 0. The first-order valence-corrected chi connectivity index (χ1v) is 12.5. The van der Waals surface area contributed by atoms with Crippen LogP contribution >= 0.6 is 0 Å². The summed E-state index contributed by atoms with van der Waals surface area (Å²) in [5.41, 5.74) is 3.40. The largest absolute Gasteiger partial charge is 0.510 e. The number of halogens is 1. The molecule has 3 heterocycles. The molecule has 0 bridgehead atoms. The second-order valence-corrected chi connectivity index (χ2v) is 9.11. The van der Waals surface area contributed by atoms with E-state index < -0.39 is 0 Å². The third kappa shape index (κ3) is 4.84. The van der Waals surface area contributed by atoms with Gasteiger partial charge < -0.3 is 19.1 Å². The summed E-state index contributed by atoms with van der Waals surface area (Å²) < 4.78 is 23.0. The van der Waals surface area contributed by atoms with Crippen LogP contribution in [0.4, 0.5) is 21.5 Å². The maximum Gasteiger partial charge on any atom is 0.135 e. The number of anilines is 2. The van der Waals surface area contributed by atoms with Crippen LogP contribution in [0.25, 0.3) is 32.5 Å². The Hall–Kier alpha value is -4.92. The number of nitrogens with zero attached hydrogens (tertiary/aromatic N) is 5. The standard InChI is InChI=1S/C33H19FN5O.Pt/c1-35-23-18-25(38-17-16-37(22-38)24-8-3-2-4-9-24)20-27(19-23)40-26-13-14-28-31(21-26)39(32-12-5-6-15-36-32)30-11-7-10-29(34)33(28)30;/h2-19,22H;/q-3;. The zero-order chi connectivity index (χ0) is 27.1. The van der Waals surface area contributed by atoms with Gasteiger partial charge in [-0.25, -0.2) is 9.37 Å². The summed E-state index contributed by atoms with van der Waals surface area (Å²) in [7, 11) is 0. The molecule has 0 unspecified atom stereocenters.